The van der Waals surface area contributed by atoms with Crippen molar-refractivity contribution < 1.29 is 48.0 Å². The molecule has 176 valence electrons. The number of aromatic nitrogens is 1. The summed E-state index contributed by atoms with van der Waals surface area (Å²) in [5.74, 6) is -4.14. The van der Waals surface area contributed by atoms with Crippen LogP contribution < -0.4 is 5.32 Å². The molecule has 1 amide bonds. The summed E-state index contributed by atoms with van der Waals surface area (Å²) in [6.07, 6.45) is -6.67. The van der Waals surface area contributed by atoms with Crippen molar-refractivity contribution >= 4 is 23.6 Å². The quantitative estimate of drug-likeness (QED) is 0.364. The number of carboxylic acids is 2. The third-order valence-corrected chi connectivity index (χ3v) is 4.75. The highest BCUT2D eigenvalue weighted by molar-refractivity contribution is 6.13. The molecule has 2 aliphatic rings. The summed E-state index contributed by atoms with van der Waals surface area (Å²) in [7, 11) is 0. The predicted octanol–water partition coefficient (Wildman–Crippen LogP) is -0.758. The van der Waals surface area contributed by atoms with E-state index >= 15 is 0 Å². The highest BCUT2D eigenvalue weighted by atomic mass is 19.4. The van der Waals surface area contributed by atoms with Gasteiger partial charge in [0.1, 0.15) is 12.0 Å². The van der Waals surface area contributed by atoms with Crippen LogP contribution in [-0.2, 0) is 20.8 Å². The van der Waals surface area contributed by atoms with Gasteiger partial charge in [0.2, 0.25) is 0 Å². The van der Waals surface area contributed by atoms with Crippen molar-refractivity contribution in [2.75, 3.05) is 19.6 Å². The van der Waals surface area contributed by atoms with Crippen LogP contribution in [0.3, 0.4) is 0 Å². The van der Waals surface area contributed by atoms with Gasteiger partial charge < -0.3 is 25.7 Å². The number of aliphatic carboxylic acids is 2. The Bertz CT molecular complexity index is 863. The van der Waals surface area contributed by atoms with Crippen LogP contribution in [0, 0.1) is 5.41 Å². The maximum Gasteiger partial charge on any atom is 0.408 e. The number of carbonyl (C=O) groups is 3. The minimum Gasteiger partial charge on any atom is -0.479 e. The smallest absolute Gasteiger partial charge is 0.408 e. The van der Waals surface area contributed by atoms with Crippen molar-refractivity contribution in [3.05, 3.63) is 30.1 Å². The van der Waals surface area contributed by atoms with E-state index in [0.717, 1.165) is 0 Å². The number of nitrogens with one attached hydrogen (secondary N) is 1. The second kappa shape index (κ2) is 10.0. The maximum atomic E-state index is 12.6. The van der Waals surface area contributed by atoms with Crippen LogP contribution in [0.1, 0.15) is 12.1 Å². The summed E-state index contributed by atoms with van der Waals surface area (Å²) in [5, 5.41) is 40.1. The lowest BCUT2D eigenvalue weighted by Gasteiger charge is -2.32. The average Bonchev–Trinajstić information content (AvgIpc) is 2.98. The maximum absolute atomic E-state index is 12.6. The number of alkyl halides is 3. The van der Waals surface area contributed by atoms with Gasteiger partial charge >= 0.3 is 18.1 Å². The summed E-state index contributed by atoms with van der Waals surface area (Å²) in [6, 6.07) is 5.31. The second-order valence-corrected chi connectivity index (χ2v) is 7.10. The molecule has 3 rings (SSSR count). The van der Waals surface area contributed by atoms with E-state index in [1.165, 1.54) is 0 Å². The summed E-state index contributed by atoms with van der Waals surface area (Å²) in [6.45, 7) is -0.454. The lowest BCUT2D eigenvalue weighted by Crippen LogP contribution is -2.53. The number of hydrogen-bond acceptors (Lipinski definition) is 8. The molecule has 0 saturated carbocycles. The summed E-state index contributed by atoms with van der Waals surface area (Å²) >= 11 is 0. The Labute approximate surface area is 179 Å². The molecule has 0 aromatic carbocycles. The Morgan fingerprint density at radius 2 is 1.81 bits per heavy atom. The van der Waals surface area contributed by atoms with Crippen molar-refractivity contribution in [1.29, 1.82) is 0 Å². The molecular weight excluding hydrogens is 441 g/mol. The molecule has 1 saturated heterocycles. The molecule has 1 aromatic rings. The van der Waals surface area contributed by atoms with Crippen molar-refractivity contribution in [3.8, 4) is 0 Å². The second-order valence-electron chi connectivity index (χ2n) is 7.10. The molecule has 2 aliphatic heterocycles. The highest BCUT2D eigenvalue weighted by Crippen LogP contribution is 2.37. The van der Waals surface area contributed by atoms with E-state index in [-0.39, 0.29) is 13.0 Å². The zero-order valence-corrected chi connectivity index (χ0v) is 16.5. The zero-order valence-electron chi connectivity index (χ0n) is 16.5. The van der Waals surface area contributed by atoms with Gasteiger partial charge in [0.25, 0.3) is 5.91 Å². The Hall–Kier alpha value is -3.10. The third-order valence-electron chi connectivity index (χ3n) is 4.75. The minimum absolute atomic E-state index is 0.257. The van der Waals surface area contributed by atoms with E-state index in [0.29, 0.717) is 29.4 Å². The number of halogens is 3. The number of rotatable bonds is 6. The summed E-state index contributed by atoms with van der Waals surface area (Å²) in [5.41, 5.74) is 0.143. The van der Waals surface area contributed by atoms with Crippen molar-refractivity contribution in [2.45, 2.75) is 31.2 Å². The van der Waals surface area contributed by atoms with E-state index in [9.17, 15) is 27.6 Å². The molecule has 14 heteroatoms. The number of hydrogen-bond donors (Lipinski definition) is 5. The molecule has 2 unspecified atom stereocenters. The number of piperidine rings is 1. The lowest BCUT2D eigenvalue weighted by atomic mass is 9.75. The molecule has 0 spiro atoms. The van der Waals surface area contributed by atoms with Gasteiger partial charge in [-0.2, -0.15) is 18.3 Å². The number of fused-ring (bicyclic) bond motifs is 1. The molecule has 0 aliphatic carbocycles. The van der Waals surface area contributed by atoms with Crippen LogP contribution in [-0.4, -0.2) is 92.0 Å². The molecule has 11 nitrogen and oxygen atoms in total. The SMILES string of the molecule is O=C(O)C(O)C(O)C(=O)O.O=C1N(CC(F)(F)F)N=C2CCNC[C@@]12Cc1ccccn1. The van der Waals surface area contributed by atoms with Gasteiger partial charge in [0.15, 0.2) is 12.2 Å². The summed E-state index contributed by atoms with van der Waals surface area (Å²) in [4.78, 5) is 36.3. The monoisotopic (exact) mass is 462 g/mol. The van der Waals surface area contributed by atoms with Crippen LogP contribution in [0.2, 0.25) is 0 Å². The normalized spacial score (nSPS) is 22.2. The number of nitrogens with zero attached hydrogens (tertiary/aromatic N) is 3. The molecule has 3 atom stereocenters. The van der Waals surface area contributed by atoms with Crippen molar-refractivity contribution in [3.63, 3.8) is 0 Å². The third kappa shape index (κ3) is 5.99. The van der Waals surface area contributed by atoms with Crippen LogP contribution in [0.25, 0.3) is 0 Å². The first-order valence-electron chi connectivity index (χ1n) is 9.26. The molecule has 3 heterocycles. The fourth-order valence-corrected chi connectivity index (χ4v) is 3.23. The summed E-state index contributed by atoms with van der Waals surface area (Å²) < 4.78 is 37.9. The van der Waals surface area contributed by atoms with Crippen molar-refractivity contribution in [1.82, 2.24) is 15.3 Å². The highest BCUT2D eigenvalue weighted by Gasteiger charge is 2.53. The standard InChI is InChI=1S/C14H15F3N4O.C4H6O6/c15-14(16,17)9-21-12(22)13(7-10-3-1-2-5-19-10)8-18-6-4-11(13)20-21;5-1(3(7)8)2(6)4(9)10/h1-3,5,18H,4,6-9H2;1-2,5-6H,(H,7,8)(H,9,10)/t13-;/m1./s1. The number of amides is 1. The molecule has 0 radical (unpaired) electrons. The van der Waals surface area contributed by atoms with E-state index in [1.807, 2.05) is 0 Å². The minimum atomic E-state index is -4.47. The molecule has 0 bridgehead atoms. The van der Waals surface area contributed by atoms with Crippen LogP contribution in [0.4, 0.5) is 13.2 Å². The molecule has 5 N–H and O–H groups in total. The average molecular weight is 462 g/mol. The van der Waals surface area contributed by atoms with Crippen LogP contribution in [0.5, 0.6) is 0 Å². The predicted molar refractivity (Wildman–Crippen MR) is 100 cm³/mol. The Morgan fingerprint density at radius 3 is 2.31 bits per heavy atom. The van der Waals surface area contributed by atoms with Crippen LogP contribution in [0.15, 0.2) is 29.5 Å². The number of hydrazone groups is 1. The van der Waals surface area contributed by atoms with Gasteiger partial charge in [0.05, 0.1) is 5.71 Å². The van der Waals surface area contributed by atoms with E-state index in [1.54, 1.807) is 24.4 Å². The Kier molecular flexibility index (Phi) is 7.87. The van der Waals surface area contributed by atoms with Crippen molar-refractivity contribution in [2.24, 2.45) is 10.5 Å². The molecule has 1 fully saturated rings. The Balaban J connectivity index is 0.000000309. The topological polar surface area (TPSA) is 173 Å². The van der Waals surface area contributed by atoms with Gasteiger partial charge in [-0.1, -0.05) is 6.07 Å². The number of aliphatic hydroxyl groups excluding tert-OH is 2. The largest absolute Gasteiger partial charge is 0.479 e. The first-order valence-corrected chi connectivity index (χ1v) is 9.26. The number of carboxylic acid groups (broad SMARTS) is 2. The lowest BCUT2D eigenvalue weighted by molar-refractivity contribution is -0.165. The van der Waals surface area contributed by atoms with E-state index in [2.05, 4.69) is 15.4 Å². The number of pyridine rings is 1. The fraction of sp³-hybridized carbons (Fsp3) is 0.500. The number of carbonyl (C=O) groups excluding carboxylic acids is 1. The first-order chi connectivity index (χ1) is 14.9. The van der Waals surface area contributed by atoms with Gasteiger partial charge in [0, 0.05) is 37.8 Å². The molecule has 32 heavy (non-hydrogen) atoms. The fourth-order valence-electron chi connectivity index (χ4n) is 3.23. The molecule has 1 aromatic heterocycles. The van der Waals surface area contributed by atoms with Gasteiger partial charge in [-0.15, -0.1) is 0 Å². The van der Waals surface area contributed by atoms with E-state index in [4.69, 9.17) is 20.4 Å². The van der Waals surface area contributed by atoms with Crippen LogP contribution >= 0.6 is 0 Å². The Morgan fingerprint density at radius 1 is 1.19 bits per heavy atom. The van der Waals surface area contributed by atoms with Gasteiger partial charge in [-0.25, -0.2) is 14.6 Å². The molecular formula is C18H21F3N4O7. The number of aliphatic hydroxyl groups is 2. The first kappa shape index (κ1) is 25.2. The van der Waals surface area contributed by atoms with E-state index < -0.39 is 48.2 Å². The zero-order chi connectivity index (χ0) is 24.1. The van der Waals surface area contributed by atoms with Gasteiger partial charge in [-0.05, 0) is 12.1 Å². The van der Waals surface area contributed by atoms with Gasteiger partial charge in [-0.3, -0.25) is 9.78 Å².